The zero-order valence-electron chi connectivity index (χ0n) is 12.4. The Balaban J connectivity index is 1.92. The van der Waals surface area contributed by atoms with Crippen molar-refractivity contribution in [2.75, 3.05) is 5.73 Å². The molecule has 0 aliphatic carbocycles. The van der Waals surface area contributed by atoms with Gasteiger partial charge in [-0.15, -0.1) is 0 Å². The van der Waals surface area contributed by atoms with Gasteiger partial charge in [-0.1, -0.05) is 30.3 Å². The first-order valence-corrected chi connectivity index (χ1v) is 7.40. The van der Waals surface area contributed by atoms with Crippen LogP contribution in [0, 0.1) is 5.92 Å². The number of aliphatic carboxylic acids is 1. The van der Waals surface area contributed by atoms with Gasteiger partial charge in [0.2, 0.25) is 0 Å². The molecule has 0 aromatic heterocycles. The van der Waals surface area contributed by atoms with Crippen molar-refractivity contribution in [3.8, 4) is 5.75 Å². The number of hydrogen-bond donors (Lipinski definition) is 3. The Bertz CT molecular complexity index is 640. The van der Waals surface area contributed by atoms with Crippen LogP contribution >= 0.6 is 0 Å². The smallest absolute Gasteiger partial charge is 0.306 e. The Morgan fingerprint density at radius 1 is 1.14 bits per heavy atom. The van der Waals surface area contributed by atoms with Crippen LogP contribution in [-0.2, 0) is 17.6 Å². The Kier molecular flexibility index (Phi) is 5.42. The highest BCUT2D eigenvalue weighted by molar-refractivity contribution is 5.70. The highest BCUT2D eigenvalue weighted by atomic mass is 16.4. The molecule has 1 unspecified atom stereocenters. The predicted molar refractivity (Wildman–Crippen MR) is 86.7 cm³/mol. The Morgan fingerprint density at radius 3 is 2.59 bits per heavy atom. The quantitative estimate of drug-likeness (QED) is 0.685. The third-order valence-electron chi connectivity index (χ3n) is 3.78. The number of benzene rings is 2. The molecule has 0 saturated carbocycles. The number of para-hydroxylation sites is 1. The maximum Gasteiger partial charge on any atom is 0.306 e. The van der Waals surface area contributed by atoms with Gasteiger partial charge in [0, 0.05) is 5.69 Å². The number of nitrogens with two attached hydrogens (primary N) is 1. The van der Waals surface area contributed by atoms with Crippen LogP contribution in [-0.4, -0.2) is 16.2 Å². The summed E-state index contributed by atoms with van der Waals surface area (Å²) in [6.45, 7) is 0. The molecule has 0 fully saturated rings. The molecule has 2 aromatic rings. The molecule has 4 N–H and O–H groups in total. The predicted octanol–water partition coefficient (Wildman–Crippen LogP) is 3.24. The Hall–Kier alpha value is -2.49. The molecule has 22 heavy (non-hydrogen) atoms. The second-order valence-corrected chi connectivity index (χ2v) is 5.51. The molecule has 4 heteroatoms. The summed E-state index contributed by atoms with van der Waals surface area (Å²) in [5.74, 6) is -1.16. The summed E-state index contributed by atoms with van der Waals surface area (Å²) >= 11 is 0. The number of aryl methyl sites for hydroxylation is 1. The van der Waals surface area contributed by atoms with Gasteiger partial charge in [-0.2, -0.15) is 0 Å². The summed E-state index contributed by atoms with van der Waals surface area (Å²) in [5.41, 5.74) is 8.26. The molecule has 0 aliphatic heterocycles. The van der Waals surface area contributed by atoms with E-state index < -0.39 is 11.9 Å². The monoisotopic (exact) mass is 299 g/mol. The molecule has 2 rings (SSSR count). The highest BCUT2D eigenvalue weighted by Gasteiger charge is 2.19. The lowest BCUT2D eigenvalue weighted by atomic mass is 9.92. The number of aromatic hydroxyl groups is 1. The van der Waals surface area contributed by atoms with Crippen LogP contribution < -0.4 is 5.73 Å². The van der Waals surface area contributed by atoms with Gasteiger partial charge in [0.25, 0.3) is 0 Å². The molecule has 0 radical (unpaired) electrons. The number of carboxylic acids is 1. The summed E-state index contributed by atoms with van der Waals surface area (Å²) in [7, 11) is 0. The van der Waals surface area contributed by atoms with Crippen molar-refractivity contribution in [2.45, 2.75) is 25.7 Å². The normalized spacial score (nSPS) is 12.0. The van der Waals surface area contributed by atoms with Crippen LogP contribution in [0.5, 0.6) is 5.75 Å². The number of nitrogen functional groups attached to an aromatic ring is 1. The topological polar surface area (TPSA) is 83.5 Å². The molecule has 0 aliphatic rings. The Morgan fingerprint density at radius 2 is 1.91 bits per heavy atom. The van der Waals surface area contributed by atoms with Crippen molar-refractivity contribution in [3.63, 3.8) is 0 Å². The maximum absolute atomic E-state index is 11.4. The Labute approximate surface area is 130 Å². The van der Waals surface area contributed by atoms with Gasteiger partial charge in [0.1, 0.15) is 5.75 Å². The largest absolute Gasteiger partial charge is 0.508 e. The third kappa shape index (κ3) is 4.52. The number of carbonyl (C=O) groups is 1. The van der Waals surface area contributed by atoms with Gasteiger partial charge in [0.15, 0.2) is 0 Å². The second-order valence-electron chi connectivity index (χ2n) is 5.51. The van der Waals surface area contributed by atoms with E-state index in [0.29, 0.717) is 18.4 Å². The summed E-state index contributed by atoms with van der Waals surface area (Å²) in [6.07, 6.45) is 2.49. The minimum absolute atomic E-state index is 0.157. The molecule has 4 nitrogen and oxygen atoms in total. The number of phenols is 1. The van der Waals surface area contributed by atoms with E-state index in [1.165, 1.54) is 0 Å². The minimum Gasteiger partial charge on any atom is -0.508 e. The van der Waals surface area contributed by atoms with Crippen LogP contribution in [0.25, 0.3) is 0 Å². The molecule has 0 heterocycles. The lowest BCUT2D eigenvalue weighted by molar-refractivity contribution is -0.141. The summed E-state index contributed by atoms with van der Waals surface area (Å²) < 4.78 is 0. The molecule has 0 amide bonds. The molecule has 116 valence electrons. The second kappa shape index (κ2) is 7.50. The van der Waals surface area contributed by atoms with Crippen LogP contribution in [0.2, 0.25) is 0 Å². The van der Waals surface area contributed by atoms with Gasteiger partial charge in [-0.25, -0.2) is 0 Å². The van der Waals surface area contributed by atoms with E-state index >= 15 is 0 Å². The first-order chi connectivity index (χ1) is 10.6. The lowest BCUT2D eigenvalue weighted by Crippen LogP contribution is -2.16. The molecule has 1 atom stereocenters. The first kappa shape index (κ1) is 15.9. The lowest BCUT2D eigenvalue weighted by Gasteiger charge is -2.13. The van der Waals surface area contributed by atoms with E-state index in [1.807, 2.05) is 24.3 Å². The summed E-state index contributed by atoms with van der Waals surface area (Å²) in [6, 6.07) is 14.5. The van der Waals surface area contributed by atoms with Crippen molar-refractivity contribution in [1.82, 2.24) is 0 Å². The van der Waals surface area contributed by atoms with Crippen molar-refractivity contribution in [2.24, 2.45) is 5.92 Å². The SMILES string of the molecule is Nc1cccc(CCCC(Cc2ccccc2O)C(=O)O)c1. The van der Waals surface area contributed by atoms with Crippen LogP contribution in [0.4, 0.5) is 5.69 Å². The van der Waals surface area contributed by atoms with Crippen LogP contribution in [0.3, 0.4) is 0 Å². The van der Waals surface area contributed by atoms with Crippen molar-refractivity contribution in [3.05, 3.63) is 59.7 Å². The fraction of sp³-hybridized carbons (Fsp3) is 0.278. The number of anilines is 1. The molecule has 0 spiro atoms. The average molecular weight is 299 g/mol. The standard InChI is InChI=1S/C18H21NO3/c19-16-9-4-6-13(11-16)5-3-8-15(18(21)22)12-14-7-1-2-10-17(14)20/h1-2,4,6-7,9-11,15,20H,3,5,8,12,19H2,(H,21,22). The van der Waals surface area contributed by atoms with Crippen molar-refractivity contribution < 1.29 is 15.0 Å². The number of hydrogen-bond acceptors (Lipinski definition) is 3. The van der Waals surface area contributed by atoms with E-state index in [9.17, 15) is 15.0 Å². The van der Waals surface area contributed by atoms with E-state index in [4.69, 9.17) is 5.73 Å². The van der Waals surface area contributed by atoms with Gasteiger partial charge >= 0.3 is 5.97 Å². The fourth-order valence-corrected chi connectivity index (χ4v) is 2.56. The van der Waals surface area contributed by atoms with E-state index in [1.54, 1.807) is 24.3 Å². The zero-order chi connectivity index (χ0) is 15.9. The highest BCUT2D eigenvalue weighted by Crippen LogP contribution is 2.23. The van der Waals surface area contributed by atoms with Gasteiger partial charge in [-0.3, -0.25) is 4.79 Å². The molecular formula is C18H21NO3. The molecule has 0 saturated heterocycles. The van der Waals surface area contributed by atoms with Crippen molar-refractivity contribution in [1.29, 1.82) is 0 Å². The van der Waals surface area contributed by atoms with E-state index in [2.05, 4.69) is 0 Å². The molecule has 0 bridgehead atoms. The van der Waals surface area contributed by atoms with Crippen molar-refractivity contribution >= 4 is 11.7 Å². The van der Waals surface area contributed by atoms with Gasteiger partial charge in [0.05, 0.1) is 5.92 Å². The van der Waals surface area contributed by atoms with Crippen LogP contribution in [0.15, 0.2) is 48.5 Å². The maximum atomic E-state index is 11.4. The summed E-state index contributed by atoms with van der Waals surface area (Å²) in [4.78, 5) is 11.4. The average Bonchev–Trinajstić information content (AvgIpc) is 2.48. The van der Waals surface area contributed by atoms with E-state index in [0.717, 1.165) is 24.1 Å². The van der Waals surface area contributed by atoms with Crippen LogP contribution in [0.1, 0.15) is 24.0 Å². The molecular weight excluding hydrogens is 278 g/mol. The third-order valence-corrected chi connectivity index (χ3v) is 3.78. The van der Waals surface area contributed by atoms with Gasteiger partial charge < -0.3 is 15.9 Å². The number of carboxylic acid groups (broad SMARTS) is 1. The first-order valence-electron chi connectivity index (χ1n) is 7.40. The molecule has 2 aromatic carbocycles. The summed E-state index contributed by atoms with van der Waals surface area (Å²) in [5, 5.41) is 19.1. The number of phenolic OH excluding ortho intramolecular Hbond substituents is 1. The van der Waals surface area contributed by atoms with Gasteiger partial charge in [-0.05, 0) is 55.0 Å². The zero-order valence-corrected chi connectivity index (χ0v) is 12.4. The number of rotatable bonds is 7. The van der Waals surface area contributed by atoms with E-state index in [-0.39, 0.29) is 5.75 Å². The minimum atomic E-state index is -0.823. The fourth-order valence-electron chi connectivity index (χ4n) is 2.56.